The quantitative estimate of drug-likeness (QED) is 0.181. The third kappa shape index (κ3) is 3.87. The van der Waals surface area contributed by atoms with Crippen molar-refractivity contribution in [2.75, 3.05) is 0 Å². The zero-order valence-corrected chi connectivity index (χ0v) is 29.4. The van der Waals surface area contributed by atoms with Gasteiger partial charge in [-0.1, -0.05) is 152 Å². The third-order valence-electron chi connectivity index (χ3n) is 12.0. The van der Waals surface area contributed by atoms with Crippen molar-refractivity contribution in [3.05, 3.63) is 216 Å². The highest BCUT2D eigenvalue weighted by Gasteiger charge is 2.52. The fraction of sp³-hybridized carbons (Fsp3) is 0.0192. The lowest BCUT2D eigenvalue weighted by molar-refractivity contribution is 0.796. The summed E-state index contributed by atoms with van der Waals surface area (Å²) in [4.78, 5) is 5.10. The highest BCUT2D eigenvalue weighted by molar-refractivity contribution is 6.12. The van der Waals surface area contributed by atoms with Gasteiger partial charge in [0.2, 0.25) is 0 Å². The number of hydrogen-bond acceptors (Lipinski definition) is 1. The van der Waals surface area contributed by atoms with Gasteiger partial charge in [0, 0.05) is 11.3 Å². The average Bonchev–Trinajstić information content (AvgIpc) is 3.87. The SMILES string of the molecule is c1ccc(-c2nc3ccccc3n2-c2ccc(-c3cc4c(c5ccccc35)-c3cc5ccccc5cc3C43c4ccccc4-c4ccccc43)cc2)cc1. The summed E-state index contributed by atoms with van der Waals surface area (Å²) in [5.41, 5.74) is 17.0. The number of aromatic nitrogens is 2. The number of rotatable bonds is 3. The molecule has 9 aromatic carbocycles. The molecule has 0 amide bonds. The van der Waals surface area contributed by atoms with E-state index in [1.165, 1.54) is 77.2 Å². The molecule has 0 saturated heterocycles. The van der Waals surface area contributed by atoms with Crippen molar-refractivity contribution >= 4 is 32.6 Å². The molecule has 0 fully saturated rings. The number of para-hydroxylation sites is 2. The van der Waals surface area contributed by atoms with Crippen molar-refractivity contribution < 1.29 is 0 Å². The van der Waals surface area contributed by atoms with Crippen LogP contribution in [0.5, 0.6) is 0 Å². The van der Waals surface area contributed by atoms with Crippen molar-refractivity contribution in [3.8, 4) is 50.5 Å². The Bertz CT molecular complexity index is 3100. The Morgan fingerprint density at radius 1 is 0.389 bits per heavy atom. The van der Waals surface area contributed by atoms with E-state index in [1.807, 2.05) is 0 Å². The van der Waals surface area contributed by atoms with Gasteiger partial charge in [0.1, 0.15) is 5.82 Å². The van der Waals surface area contributed by atoms with Gasteiger partial charge in [0.15, 0.2) is 0 Å². The second-order valence-corrected chi connectivity index (χ2v) is 14.7. The van der Waals surface area contributed by atoms with Gasteiger partial charge in [-0.25, -0.2) is 4.98 Å². The van der Waals surface area contributed by atoms with E-state index < -0.39 is 5.41 Å². The summed E-state index contributed by atoms with van der Waals surface area (Å²) < 4.78 is 2.29. The van der Waals surface area contributed by atoms with Crippen LogP contribution in [-0.4, -0.2) is 9.55 Å². The van der Waals surface area contributed by atoms with Crippen molar-refractivity contribution in [3.63, 3.8) is 0 Å². The molecule has 54 heavy (non-hydrogen) atoms. The maximum Gasteiger partial charge on any atom is 0.145 e. The molecular formula is C52H32N2. The maximum atomic E-state index is 5.10. The van der Waals surface area contributed by atoms with Crippen LogP contribution in [0.25, 0.3) is 83.0 Å². The molecule has 1 spiro atoms. The van der Waals surface area contributed by atoms with Crippen molar-refractivity contribution in [1.82, 2.24) is 9.55 Å². The largest absolute Gasteiger partial charge is 0.292 e. The van der Waals surface area contributed by atoms with Crippen LogP contribution in [0.2, 0.25) is 0 Å². The van der Waals surface area contributed by atoms with Crippen LogP contribution in [0, 0.1) is 0 Å². The first-order valence-electron chi connectivity index (χ1n) is 18.7. The van der Waals surface area contributed by atoms with Crippen LogP contribution in [0.3, 0.4) is 0 Å². The topological polar surface area (TPSA) is 17.8 Å². The Labute approximate surface area is 313 Å². The molecule has 0 bridgehead atoms. The van der Waals surface area contributed by atoms with Crippen LogP contribution >= 0.6 is 0 Å². The summed E-state index contributed by atoms with van der Waals surface area (Å²) in [6, 6.07) is 71.5. The van der Waals surface area contributed by atoms with Gasteiger partial charge in [0.25, 0.3) is 0 Å². The molecule has 0 aliphatic heterocycles. The Kier molecular flexibility index (Phi) is 6.01. The molecule has 2 heteroatoms. The van der Waals surface area contributed by atoms with Gasteiger partial charge in [-0.15, -0.1) is 0 Å². The van der Waals surface area contributed by atoms with Crippen LogP contribution in [0.4, 0.5) is 0 Å². The molecule has 0 atom stereocenters. The highest BCUT2D eigenvalue weighted by atomic mass is 15.1. The predicted octanol–water partition coefficient (Wildman–Crippen LogP) is 13.0. The first kappa shape index (κ1) is 29.5. The Hall–Kier alpha value is -7.03. The maximum absolute atomic E-state index is 5.10. The molecule has 0 N–H and O–H groups in total. The lowest BCUT2D eigenvalue weighted by Gasteiger charge is -2.31. The summed E-state index contributed by atoms with van der Waals surface area (Å²) >= 11 is 0. The predicted molar refractivity (Wildman–Crippen MR) is 223 cm³/mol. The van der Waals surface area contributed by atoms with Gasteiger partial charge in [-0.05, 0) is 120 Å². The molecule has 0 unspecified atom stereocenters. The average molecular weight is 685 g/mol. The van der Waals surface area contributed by atoms with Crippen molar-refractivity contribution in [1.29, 1.82) is 0 Å². The molecule has 250 valence electrons. The Morgan fingerprint density at radius 2 is 1.00 bits per heavy atom. The number of hydrogen-bond donors (Lipinski definition) is 0. The minimum absolute atomic E-state index is 0.444. The van der Waals surface area contributed by atoms with Crippen LogP contribution in [0.15, 0.2) is 194 Å². The molecule has 10 aromatic rings. The molecule has 2 nitrogen and oxygen atoms in total. The number of nitrogens with zero attached hydrogens (tertiary/aromatic N) is 2. The Balaban J connectivity index is 1.13. The molecule has 2 aliphatic carbocycles. The normalized spacial score (nSPS) is 13.3. The zero-order chi connectivity index (χ0) is 35.4. The minimum Gasteiger partial charge on any atom is -0.292 e. The van der Waals surface area contributed by atoms with Gasteiger partial charge in [-0.3, -0.25) is 4.57 Å². The highest BCUT2D eigenvalue weighted by Crippen LogP contribution is 2.64. The van der Waals surface area contributed by atoms with Crippen LogP contribution in [-0.2, 0) is 5.41 Å². The molecule has 1 aromatic heterocycles. The van der Waals surface area contributed by atoms with E-state index in [0.29, 0.717) is 0 Å². The standard InChI is InChI=1S/C52H32N2/c1-2-14-34(15-3-1)51-53-48-24-12-13-25-49(48)54(51)37-28-26-33(27-29-37)42-32-47-50(41-21-7-6-18-38(41)42)43-30-35-16-4-5-17-36(35)31-46(43)52(47)44-22-10-8-19-39(44)40-20-9-11-23-45(40)52/h1-32H. The monoisotopic (exact) mass is 684 g/mol. The van der Waals surface area contributed by atoms with Crippen LogP contribution in [0.1, 0.15) is 22.3 Å². The van der Waals surface area contributed by atoms with Gasteiger partial charge in [-0.2, -0.15) is 0 Å². The molecule has 12 rings (SSSR count). The molecule has 2 aliphatic rings. The first-order valence-corrected chi connectivity index (χ1v) is 18.7. The molecule has 0 saturated carbocycles. The Morgan fingerprint density at radius 3 is 1.76 bits per heavy atom. The van der Waals surface area contributed by atoms with E-state index in [2.05, 4.69) is 199 Å². The van der Waals surface area contributed by atoms with Gasteiger partial charge >= 0.3 is 0 Å². The second-order valence-electron chi connectivity index (χ2n) is 14.7. The summed E-state index contributed by atoms with van der Waals surface area (Å²) in [5.74, 6) is 0.943. The van der Waals surface area contributed by atoms with E-state index in [-0.39, 0.29) is 0 Å². The number of benzene rings is 9. The summed E-state index contributed by atoms with van der Waals surface area (Å²) in [7, 11) is 0. The van der Waals surface area contributed by atoms with Gasteiger partial charge in [0.05, 0.1) is 16.4 Å². The van der Waals surface area contributed by atoms with E-state index in [4.69, 9.17) is 4.98 Å². The zero-order valence-electron chi connectivity index (χ0n) is 29.4. The van der Waals surface area contributed by atoms with E-state index >= 15 is 0 Å². The van der Waals surface area contributed by atoms with Gasteiger partial charge < -0.3 is 0 Å². The number of imidazole rings is 1. The summed E-state index contributed by atoms with van der Waals surface area (Å²) in [6.07, 6.45) is 0. The molecule has 0 radical (unpaired) electrons. The summed E-state index contributed by atoms with van der Waals surface area (Å²) in [6.45, 7) is 0. The fourth-order valence-corrected chi connectivity index (χ4v) is 9.78. The van der Waals surface area contributed by atoms with E-state index in [0.717, 1.165) is 28.1 Å². The van der Waals surface area contributed by atoms with Crippen LogP contribution < -0.4 is 0 Å². The first-order chi connectivity index (χ1) is 26.8. The molecular weight excluding hydrogens is 653 g/mol. The second kappa shape index (κ2) is 11.0. The third-order valence-corrected chi connectivity index (χ3v) is 12.0. The fourth-order valence-electron chi connectivity index (χ4n) is 9.78. The lowest BCUT2D eigenvalue weighted by Crippen LogP contribution is -2.26. The minimum atomic E-state index is -0.444. The van der Waals surface area contributed by atoms with Crippen molar-refractivity contribution in [2.24, 2.45) is 0 Å². The smallest absolute Gasteiger partial charge is 0.145 e. The molecule has 1 heterocycles. The number of fused-ring (bicyclic) bond motifs is 14. The van der Waals surface area contributed by atoms with E-state index in [9.17, 15) is 0 Å². The van der Waals surface area contributed by atoms with E-state index in [1.54, 1.807) is 0 Å². The summed E-state index contributed by atoms with van der Waals surface area (Å²) in [5, 5.41) is 5.09. The lowest BCUT2D eigenvalue weighted by atomic mass is 9.69. The van der Waals surface area contributed by atoms with Crippen molar-refractivity contribution in [2.45, 2.75) is 5.41 Å².